The van der Waals surface area contributed by atoms with Gasteiger partial charge in [0.15, 0.2) is 0 Å². The molecular formula is C34H40N2O6S. The standard InChI is InChI=1S/C34H40N2O6S/c1-3-41-32(37)20-34(24-40-25-34)28-12-14-29(15-13-28)42-22-27-10-8-26(9-11-27)21-35-18-16-33(17-19-35)23-36(43(2,38)39)31-7-5-4-6-30(31)33/h4-15H,3,16-25H2,1-2H3. The Morgan fingerprint density at radius 1 is 0.930 bits per heavy atom. The van der Waals surface area contributed by atoms with Crippen molar-refractivity contribution >= 4 is 21.7 Å². The maximum absolute atomic E-state index is 12.5. The SMILES string of the molecule is CCOC(=O)CC1(c2ccc(OCc3ccc(CN4CCC5(CC4)CN(S(C)(=O)=O)c4ccccc45)cc3)cc2)COC1. The van der Waals surface area contributed by atoms with Gasteiger partial charge in [-0.15, -0.1) is 0 Å². The van der Waals surface area contributed by atoms with Gasteiger partial charge in [0.1, 0.15) is 12.4 Å². The van der Waals surface area contributed by atoms with E-state index in [1.807, 2.05) is 49.4 Å². The van der Waals surface area contributed by atoms with E-state index in [9.17, 15) is 13.2 Å². The molecule has 0 atom stereocenters. The summed E-state index contributed by atoms with van der Waals surface area (Å²) in [5.41, 5.74) is 5.02. The molecule has 0 aromatic heterocycles. The van der Waals surface area contributed by atoms with Crippen molar-refractivity contribution in [2.24, 2.45) is 0 Å². The van der Waals surface area contributed by atoms with Crippen LogP contribution in [0.1, 0.15) is 48.4 Å². The fourth-order valence-electron chi connectivity index (χ4n) is 6.73. The van der Waals surface area contributed by atoms with Crippen molar-refractivity contribution in [1.82, 2.24) is 4.90 Å². The van der Waals surface area contributed by atoms with E-state index in [2.05, 4.69) is 35.2 Å². The van der Waals surface area contributed by atoms with E-state index in [1.165, 1.54) is 17.4 Å². The van der Waals surface area contributed by atoms with Crippen LogP contribution < -0.4 is 9.04 Å². The van der Waals surface area contributed by atoms with Gasteiger partial charge in [0.2, 0.25) is 10.0 Å². The minimum atomic E-state index is -3.30. The van der Waals surface area contributed by atoms with Crippen LogP contribution in [0.3, 0.4) is 0 Å². The monoisotopic (exact) mass is 604 g/mol. The van der Waals surface area contributed by atoms with E-state index in [1.54, 1.807) is 4.31 Å². The quantitative estimate of drug-likeness (QED) is 0.308. The van der Waals surface area contributed by atoms with Crippen LogP contribution in [0.5, 0.6) is 5.75 Å². The van der Waals surface area contributed by atoms with Crippen LogP contribution in [0.2, 0.25) is 0 Å². The van der Waals surface area contributed by atoms with Crippen molar-refractivity contribution in [3.05, 3.63) is 95.1 Å². The van der Waals surface area contributed by atoms with Gasteiger partial charge in [-0.2, -0.15) is 0 Å². The first kappa shape index (κ1) is 29.7. The maximum atomic E-state index is 12.5. The molecule has 0 amide bonds. The van der Waals surface area contributed by atoms with Gasteiger partial charge in [-0.1, -0.05) is 54.6 Å². The minimum absolute atomic E-state index is 0.108. The molecule has 3 heterocycles. The van der Waals surface area contributed by atoms with E-state index in [0.717, 1.165) is 55.0 Å². The normalized spacial score (nSPS) is 19.1. The maximum Gasteiger partial charge on any atom is 0.306 e. The van der Waals surface area contributed by atoms with Crippen LogP contribution in [0.4, 0.5) is 5.69 Å². The first-order chi connectivity index (χ1) is 20.7. The molecule has 0 unspecified atom stereocenters. The number of ether oxygens (including phenoxy) is 3. The molecule has 2 saturated heterocycles. The Bertz CT molecular complexity index is 1540. The van der Waals surface area contributed by atoms with Gasteiger partial charge in [0.25, 0.3) is 0 Å². The highest BCUT2D eigenvalue weighted by atomic mass is 32.2. The Kier molecular flexibility index (Phi) is 8.24. The highest BCUT2D eigenvalue weighted by Crippen LogP contribution is 2.48. The summed E-state index contributed by atoms with van der Waals surface area (Å²) >= 11 is 0. The number of carbonyl (C=O) groups is 1. The zero-order valence-electron chi connectivity index (χ0n) is 25.0. The van der Waals surface area contributed by atoms with Crippen LogP contribution in [-0.4, -0.2) is 65.0 Å². The van der Waals surface area contributed by atoms with Crippen LogP contribution in [0.15, 0.2) is 72.8 Å². The Labute approximate surface area is 254 Å². The fraction of sp³-hybridized carbons (Fsp3) is 0.441. The molecule has 9 heteroatoms. The molecular weight excluding hydrogens is 564 g/mol. The molecule has 3 aliphatic heterocycles. The van der Waals surface area contributed by atoms with Gasteiger partial charge < -0.3 is 14.2 Å². The summed E-state index contributed by atoms with van der Waals surface area (Å²) in [7, 11) is -3.30. The topological polar surface area (TPSA) is 85.4 Å². The van der Waals surface area contributed by atoms with Crippen molar-refractivity contribution in [3.63, 3.8) is 0 Å². The van der Waals surface area contributed by atoms with E-state index in [0.29, 0.717) is 39.4 Å². The summed E-state index contributed by atoms with van der Waals surface area (Å²) in [6.45, 7) is 6.98. The van der Waals surface area contributed by atoms with Gasteiger partial charge in [-0.25, -0.2) is 8.42 Å². The van der Waals surface area contributed by atoms with E-state index in [4.69, 9.17) is 14.2 Å². The Hall–Kier alpha value is -3.40. The van der Waals surface area contributed by atoms with Crippen LogP contribution >= 0.6 is 0 Å². The van der Waals surface area contributed by atoms with Crippen molar-refractivity contribution < 1.29 is 27.4 Å². The number of fused-ring (bicyclic) bond motifs is 2. The lowest BCUT2D eigenvalue weighted by atomic mass is 9.74. The Morgan fingerprint density at radius 2 is 1.60 bits per heavy atom. The molecule has 0 N–H and O–H groups in total. The number of carbonyl (C=O) groups excluding carboxylic acids is 1. The Morgan fingerprint density at radius 3 is 2.23 bits per heavy atom. The molecule has 6 rings (SSSR count). The van der Waals surface area contributed by atoms with Crippen molar-refractivity contribution in [2.75, 3.05) is 50.0 Å². The number of para-hydroxylation sites is 1. The van der Waals surface area contributed by atoms with E-state index < -0.39 is 10.0 Å². The molecule has 0 aliphatic carbocycles. The number of anilines is 1. The van der Waals surface area contributed by atoms with Crippen molar-refractivity contribution in [2.45, 2.75) is 50.2 Å². The highest BCUT2D eigenvalue weighted by molar-refractivity contribution is 7.92. The van der Waals surface area contributed by atoms with Crippen LogP contribution in [0.25, 0.3) is 0 Å². The third-order valence-electron chi connectivity index (χ3n) is 9.25. The lowest BCUT2D eigenvalue weighted by molar-refractivity contribution is -0.151. The van der Waals surface area contributed by atoms with Crippen molar-refractivity contribution in [3.8, 4) is 5.75 Å². The molecule has 3 aromatic carbocycles. The lowest BCUT2D eigenvalue weighted by Gasteiger charge is -2.41. The predicted molar refractivity (Wildman–Crippen MR) is 166 cm³/mol. The van der Waals surface area contributed by atoms with Gasteiger partial charge in [0, 0.05) is 18.5 Å². The molecule has 0 radical (unpaired) electrons. The predicted octanol–water partition coefficient (Wildman–Crippen LogP) is 4.80. The summed E-state index contributed by atoms with van der Waals surface area (Å²) < 4.78 is 43.2. The second-order valence-electron chi connectivity index (χ2n) is 12.2. The average molecular weight is 605 g/mol. The fourth-order valence-corrected chi connectivity index (χ4v) is 7.72. The number of esters is 1. The van der Waals surface area contributed by atoms with Crippen LogP contribution in [0, 0.1) is 0 Å². The molecule has 228 valence electrons. The Balaban J connectivity index is 1.01. The molecule has 43 heavy (non-hydrogen) atoms. The second kappa shape index (κ2) is 11.9. The summed E-state index contributed by atoms with van der Waals surface area (Å²) in [4.78, 5) is 14.6. The number of sulfonamides is 1. The molecule has 3 aromatic rings. The minimum Gasteiger partial charge on any atom is -0.489 e. The largest absolute Gasteiger partial charge is 0.489 e. The molecule has 8 nitrogen and oxygen atoms in total. The van der Waals surface area contributed by atoms with Gasteiger partial charge >= 0.3 is 5.97 Å². The van der Waals surface area contributed by atoms with Crippen molar-refractivity contribution in [1.29, 1.82) is 0 Å². The van der Waals surface area contributed by atoms with Gasteiger partial charge in [-0.05, 0) is 73.3 Å². The number of hydrogen-bond acceptors (Lipinski definition) is 7. The third-order valence-corrected chi connectivity index (χ3v) is 10.4. The highest BCUT2D eigenvalue weighted by Gasteiger charge is 2.47. The smallest absolute Gasteiger partial charge is 0.306 e. The molecule has 1 spiro atoms. The summed E-state index contributed by atoms with van der Waals surface area (Å²) in [6, 6.07) is 24.5. The lowest BCUT2D eigenvalue weighted by Crippen LogP contribution is -2.48. The van der Waals surface area contributed by atoms with E-state index in [-0.39, 0.29) is 16.8 Å². The summed E-state index contributed by atoms with van der Waals surface area (Å²) in [5, 5.41) is 0. The number of hydrogen-bond donors (Lipinski definition) is 0. The van der Waals surface area contributed by atoms with E-state index >= 15 is 0 Å². The molecule has 0 bridgehead atoms. The van der Waals surface area contributed by atoms with Gasteiger partial charge in [-0.3, -0.25) is 14.0 Å². The van der Waals surface area contributed by atoms with Gasteiger partial charge in [0.05, 0.1) is 43.6 Å². The average Bonchev–Trinajstić information content (AvgIpc) is 3.31. The number of likely N-dealkylation sites (tertiary alicyclic amines) is 1. The second-order valence-corrected chi connectivity index (χ2v) is 14.1. The molecule has 2 fully saturated rings. The molecule has 3 aliphatic rings. The number of benzene rings is 3. The number of rotatable bonds is 10. The summed E-state index contributed by atoms with van der Waals surface area (Å²) in [5.74, 6) is 0.587. The first-order valence-corrected chi connectivity index (χ1v) is 16.9. The number of nitrogens with zero attached hydrogens (tertiary/aromatic N) is 2. The number of piperidine rings is 1. The first-order valence-electron chi connectivity index (χ1n) is 15.0. The summed E-state index contributed by atoms with van der Waals surface area (Å²) in [6.07, 6.45) is 3.51. The molecule has 0 saturated carbocycles. The van der Waals surface area contributed by atoms with Crippen LogP contribution in [-0.2, 0) is 48.3 Å². The zero-order valence-corrected chi connectivity index (χ0v) is 25.8. The zero-order chi connectivity index (χ0) is 30.1. The third kappa shape index (κ3) is 6.16.